The van der Waals surface area contributed by atoms with Crippen molar-refractivity contribution in [1.29, 1.82) is 0 Å². The summed E-state index contributed by atoms with van der Waals surface area (Å²) in [4.78, 5) is 60.7. The highest BCUT2D eigenvalue weighted by Gasteiger charge is 2.43. The summed E-state index contributed by atoms with van der Waals surface area (Å²) in [6.45, 7) is 10.3. The molecule has 4 amide bonds. The van der Waals surface area contributed by atoms with Crippen LogP contribution < -0.4 is 35.9 Å². The highest BCUT2D eigenvalue weighted by Crippen LogP contribution is 2.40. The molecule has 6 N–H and O–H groups in total. The summed E-state index contributed by atoms with van der Waals surface area (Å²) in [6.07, 6.45) is 8.95. The third kappa shape index (κ3) is 12.5. The topological polar surface area (TPSA) is 224 Å². The van der Waals surface area contributed by atoms with Crippen LogP contribution in [0.4, 0.5) is 10.8 Å². The Kier molecular flexibility index (Phi) is 15.9. The van der Waals surface area contributed by atoms with Crippen molar-refractivity contribution in [3.05, 3.63) is 66.1 Å². The summed E-state index contributed by atoms with van der Waals surface area (Å²) in [5, 5.41) is 12.8. The number of pyridine rings is 1. The number of nitrogens with two attached hydrogens (primary N) is 1. The lowest BCUT2D eigenvalue weighted by Crippen LogP contribution is -2.47. The molecule has 3 aliphatic rings. The minimum atomic E-state index is -3.84. The molecule has 7 rings (SSSR count). The van der Waals surface area contributed by atoms with Crippen LogP contribution in [-0.4, -0.2) is 91.3 Å². The first-order valence-corrected chi connectivity index (χ1v) is 24.2. The van der Waals surface area contributed by atoms with Gasteiger partial charge in [-0.25, -0.2) is 23.1 Å². The van der Waals surface area contributed by atoms with E-state index in [1.807, 2.05) is 57.3 Å². The van der Waals surface area contributed by atoms with Gasteiger partial charge in [-0.2, -0.15) is 0 Å². The van der Waals surface area contributed by atoms with E-state index in [9.17, 15) is 27.6 Å². The van der Waals surface area contributed by atoms with Crippen LogP contribution in [0.3, 0.4) is 0 Å². The SMILES string of the molecule is COc1ccc2c(O[C@@H]3C[C@@H](C(N)=O)N(C(=O)C[C@@H](NC(C)=O)C(C)C)C3)cc(-c3csc(NC(C)C)n3)nc2c1.O=C1NS(=O)(=O)c2ccccc2NCCCCC/C=C\[C@@H]2C[C@H]12. The number of para-hydroxylation sites is 1. The smallest absolute Gasteiger partial charge is 0.266 e. The van der Waals surface area contributed by atoms with Crippen molar-refractivity contribution in [2.24, 2.45) is 23.5 Å². The van der Waals surface area contributed by atoms with E-state index < -0.39 is 34.0 Å². The highest BCUT2D eigenvalue weighted by molar-refractivity contribution is 7.90. The number of fused-ring (bicyclic) bond motifs is 3. The number of methoxy groups -OCH3 is 1. The molecule has 4 heterocycles. The van der Waals surface area contributed by atoms with E-state index in [1.165, 1.54) is 29.2 Å². The third-order valence-electron chi connectivity index (χ3n) is 11.3. The van der Waals surface area contributed by atoms with Gasteiger partial charge in [0.1, 0.15) is 34.2 Å². The molecule has 0 spiro atoms. The number of rotatable bonds is 11. The largest absolute Gasteiger partial charge is 0.497 e. The van der Waals surface area contributed by atoms with E-state index in [0.717, 1.165) is 49.2 Å². The molecule has 0 unspecified atom stereocenters. The number of carbonyl (C=O) groups is 4. The number of hydrogen-bond donors (Lipinski definition) is 5. The number of likely N-dealkylation sites (tertiary alicyclic amines) is 1. The van der Waals surface area contributed by atoms with E-state index >= 15 is 0 Å². The van der Waals surface area contributed by atoms with E-state index in [4.69, 9.17) is 20.2 Å². The molecule has 2 aromatic heterocycles. The molecule has 5 atom stereocenters. The first-order valence-electron chi connectivity index (χ1n) is 21.8. The first kappa shape index (κ1) is 47.7. The molecule has 0 radical (unpaired) electrons. The number of aromatic nitrogens is 2. The number of amides is 4. The number of primary amides is 1. The maximum Gasteiger partial charge on any atom is 0.266 e. The lowest BCUT2D eigenvalue weighted by atomic mass is 10.00. The van der Waals surface area contributed by atoms with Gasteiger partial charge in [0.25, 0.3) is 10.0 Å². The Morgan fingerprint density at radius 1 is 1.02 bits per heavy atom. The molecule has 344 valence electrons. The molecule has 1 saturated heterocycles. The molecular weight excluding hydrogens is 857 g/mol. The zero-order valence-electron chi connectivity index (χ0n) is 37.3. The molecule has 4 aromatic rings. The lowest BCUT2D eigenvalue weighted by molar-refractivity contribution is -0.138. The first-order chi connectivity index (χ1) is 30.5. The fraction of sp³-hybridized carbons (Fsp3) is 0.478. The van der Waals surface area contributed by atoms with Crippen molar-refractivity contribution in [2.45, 2.75) is 109 Å². The zero-order valence-corrected chi connectivity index (χ0v) is 38.9. The number of benzene rings is 2. The van der Waals surface area contributed by atoms with Gasteiger partial charge in [-0.1, -0.05) is 44.6 Å². The fourth-order valence-electron chi connectivity index (χ4n) is 7.76. The van der Waals surface area contributed by atoms with Crippen LogP contribution in [0, 0.1) is 17.8 Å². The Morgan fingerprint density at radius 3 is 2.52 bits per heavy atom. The maximum atomic E-state index is 13.3. The second kappa shape index (κ2) is 21.3. The summed E-state index contributed by atoms with van der Waals surface area (Å²) in [5.74, 6) is -0.259. The van der Waals surface area contributed by atoms with Gasteiger partial charge >= 0.3 is 0 Å². The summed E-state index contributed by atoms with van der Waals surface area (Å²) < 4.78 is 39.2. The van der Waals surface area contributed by atoms with E-state index in [-0.39, 0.29) is 65.9 Å². The zero-order chi connectivity index (χ0) is 46.1. The van der Waals surface area contributed by atoms with Gasteiger partial charge in [-0.05, 0) is 75.6 Å². The van der Waals surface area contributed by atoms with E-state index in [2.05, 4.69) is 37.8 Å². The minimum absolute atomic E-state index is 0.0325. The van der Waals surface area contributed by atoms with Crippen molar-refractivity contribution in [1.82, 2.24) is 24.9 Å². The maximum absolute atomic E-state index is 13.3. The Morgan fingerprint density at radius 2 is 1.80 bits per heavy atom. The van der Waals surface area contributed by atoms with Gasteiger partial charge < -0.3 is 36.1 Å². The van der Waals surface area contributed by atoms with Crippen LogP contribution in [0.2, 0.25) is 0 Å². The van der Waals surface area contributed by atoms with Crippen LogP contribution in [-0.2, 0) is 29.2 Å². The number of ether oxygens (including phenoxy) is 2. The molecule has 1 aliphatic carbocycles. The van der Waals surface area contributed by atoms with Gasteiger partial charge in [0.05, 0.1) is 30.6 Å². The number of sulfonamides is 1. The molecule has 1 saturated carbocycles. The number of nitrogens with one attached hydrogen (secondary N) is 4. The van der Waals surface area contributed by atoms with Gasteiger partial charge in [0, 0.05) is 67.2 Å². The molecule has 18 heteroatoms. The number of anilines is 2. The van der Waals surface area contributed by atoms with E-state index in [1.54, 1.807) is 25.3 Å². The second-order valence-electron chi connectivity index (χ2n) is 17.1. The molecule has 16 nitrogen and oxygen atoms in total. The lowest BCUT2D eigenvalue weighted by Gasteiger charge is -2.27. The average Bonchev–Trinajstić information content (AvgIpc) is 3.65. The normalized spacial score (nSPS) is 21.6. The number of allylic oxidation sites excluding steroid dienone is 2. The fourth-order valence-corrected chi connectivity index (χ4v) is 9.83. The van der Waals surface area contributed by atoms with Gasteiger partial charge in [-0.15, -0.1) is 11.3 Å². The standard InChI is InChI=1S/C29H38N6O5S.C17H22N2O3S/c1-15(2)21(32-17(5)36)12-27(37)35-13-19(10-25(35)28(30)38)40-26-11-23(24-14-41-29(34-24)31-16(3)4)33-22-9-18(39-6)7-8-20(22)26;20-17-14-12-13(14)8-4-2-1-3-7-11-18-15-9-5-6-10-16(15)23(21,22)19-17/h7-9,11,14-16,19,21,25H,10,12-13H2,1-6H3,(H2,30,38)(H,31,34)(H,32,36);4-6,8-10,13-14,18H,1-3,7,11-12H2,(H,19,20)/b;8-4-/t19-,21-,25+;13-,14+/m11/s1. The monoisotopic (exact) mass is 916 g/mol. The van der Waals surface area contributed by atoms with Gasteiger partial charge in [0.15, 0.2) is 5.13 Å². The van der Waals surface area contributed by atoms with Crippen LogP contribution in [0.15, 0.2) is 71.0 Å². The minimum Gasteiger partial charge on any atom is -0.497 e. The second-order valence-corrected chi connectivity index (χ2v) is 19.6. The Balaban J connectivity index is 0.000000249. The number of thiazole rings is 1. The van der Waals surface area contributed by atoms with E-state index in [0.29, 0.717) is 34.1 Å². The predicted octanol–water partition coefficient (Wildman–Crippen LogP) is 6.24. The quantitative estimate of drug-likeness (QED) is 0.106. The summed E-state index contributed by atoms with van der Waals surface area (Å²) in [5.41, 5.74) is 8.25. The summed E-state index contributed by atoms with van der Waals surface area (Å²) in [6, 6.07) is 13.2. The van der Waals surface area contributed by atoms with Crippen molar-refractivity contribution in [2.75, 3.05) is 30.8 Å². The number of carbonyl (C=O) groups excluding carboxylic acids is 4. The highest BCUT2D eigenvalue weighted by atomic mass is 32.2. The van der Waals surface area contributed by atoms with Crippen molar-refractivity contribution in [3.63, 3.8) is 0 Å². The van der Waals surface area contributed by atoms with Crippen LogP contribution in [0.25, 0.3) is 22.3 Å². The molecule has 2 aromatic carbocycles. The molecule has 2 aliphatic heterocycles. The molecule has 64 heavy (non-hydrogen) atoms. The average molecular weight is 917 g/mol. The molecule has 2 fully saturated rings. The van der Waals surface area contributed by atoms with Crippen molar-refractivity contribution < 1.29 is 37.1 Å². The Labute approximate surface area is 379 Å². The Bertz CT molecular complexity index is 2460. The van der Waals surface area contributed by atoms with Crippen LogP contribution in [0.5, 0.6) is 11.5 Å². The van der Waals surface area contributed by atoms with Gasteiger partial charge in [0.2, 0.25) is 23.6 Å². The molecule has 0 bridgehead atoms. The Hall–Kier alpha value is -5.75. The van der Waals surface area contributed by atoms with Crippen molar-refractivity contribution >= 4 is 66.7 Å². The van der Waals surface area contributed by atoms with Crippen LogP contribution in [0.1, 0.15) is 79.6 Å². The molecular formula is C46H60N8O8S2. The third-order valence-corrected chi connectivity index (χ3v) is 13.5. The predicted molar refractivity (Wildman–Crippen MR) is 248 cm³/mol. The number of nitrogens with zero attached hydrogens (tertiary/aromatic N) is 3. The summed E-state index contributed by atoms with van der Waals surface area (Å²) in [7, 11) is -2.25. The number of hydrogen-bond acceptors (Lipinski definition) is 13. The van der Waals surface area contributed by atoms with Crippen LogP contribution >= 0.6 is 11.3 Å². The summed E-state index contributed by atoms with van der Waals surface area (Å²) >= 11 is 1.49. The van der Waals surface area contributed by atoms with Gasteiger partial charge in [-0.3, -0.25) is 19.2 Å². The van der Waals surface area contributed by atoms with Crippen molar-refractivity contribution in [3.8, 4) is 22.9 Å².